The third-order valence-electron chi connectivity index (χ3n) is 3.55. The van der Waals surface area contributed by atoms with Gasteiger partial charge in [0.25, 0.3) is 0 Å². The maximum absolute atomic E-state index is 12.1. The number of alkyl carbamates (subject to hydrolysis) is 1. The van der Waals surface area contributed by atoms with Crippen LogP contribution in [0, 0.1) is 0 Å². The number of unbranched alkanes of at least 4 members (excludes halogenated alkanes) is 1. The van der Waals surface area contributed by atoms with Crippen molar-refractivity contribution in [3.8, 4) is 0 Å². The summed E-state index contributed by atoms with van der Waals surface area (Å²) in [5, 5.41) is 8.51. The smallest absolute Gasteiger partial charge is 0.409 e. The van der Waals surface area contributed by atoms with E-state index >= 15 is 0 Å². The van der Waals surface area contributed by atoms with Crippen molar-refractivity contribution in [1.29, 1.82) is 0 Å². The van der Waals surface area contributed by atoms with Gasteiger partial charge in [0.05, 0.1) is 0 Å². The van der Waals surface area contributed by atoms with E-state index in [1.165, 1.54) is 0 Å². The topological polar surface area (TPSA) is 63.2 Å². The zero-order chi connectivity index (χ0) is 17.6. The number of ether oxygens (including phenoxy) is 1. The Hall–Kier alpha value is -2.30. The summed E-state index contributed by atoms with van der Waals surface area (Å²) in [6.07, 6.45) is 5.93. The van der Waals surface area contributed by atoms with Crippen molar-refractivity contribution < 1.29 is 9.53 Å². The molecule has 0 radical (unpaired) electrons. The third-order valence-corrected chi connectivity index (χ3v) is 3.55. The van der Waals surface area contributed by atoms with E-state index in [0.29, 0.717) is 0 Å². The summed E-state index contributed by atoms with van der Waals surface area (Å²) in [6.45, 7) is 7.71. The van der Waals surface area contributed by atoms with Gasteiger partial charge in [-0.15, -0.1) is 0 Å². The molecule has 1 amide bonds. The van der Waals surface area contributed by atoms with Crippen molar-refractivity contribution in [1.82, 2.24) is 10.3 Å². The predicted octanol–water partition coefficient (Wildman–Crippen LogP) is 4.69. The molecule has 0 aliphatic rings. The number of rotatable bonds is 6. The first-order valence-corrected chi connectivity index (χ1v) is 8.48. The highest BCUT2D eigenvalue weighted by Gasteiger charge is 2.19. The van der Waals surface area contributed by atoms with Crippen LogP contribution in [0.25, 0.3) is 10.8 Å². The Morgan fingerprint density at radius 1 is 1.29 bits per heavy atom. The van der Waals surface area contributed by atoms with Crippen LogP contribution in [0.4, 0.5) is 10.5 Å². The van der Waals surface area contributed by atoms with Crippen LogP contribution in [-0.2, 0) is 4.74 Å². The van der Waals surface area contributed by atoms with Gasteiger partial charge in [-0.1, -0.05) is 25.5 Å². The van der Waals surface area contributed by atoms with E-state index in [4.69, 9.17) is 4.74 Å². The number of hydrogen-bond acceptors (Lipinski definition) is 4. The summed E-state index contributed by atoms with van der Waals surface area (Å²) in [6, 6.07) is 7.99. The van der Waals surface area contributed by atoms with Gasteiger partial charge in [-0.25, -0.2) is 4.79 Å². The lowest BCUT2D eigenvalue weighted by molar-refractivity contribution is 0.0508. The van der Waals surface area contributed by atoms with Crippen molar-refractivity contribution >= 4 is 22.6 Å². The number of pyridine rings is 1. The minimum Gasteiger partial charge on any atom is -0.444 e. The Labute approximate surface area is 143 Å². The number of fused-ring (bicyclic) bond motifs is 1. The Kier molecular flexibility index (Phi) is 6.01. The van der Waals surface area contributed by atoms with Crippen LogP contribution >= 0.6 is 0 Å². The first-order chi connectivity index (χ1) is 11.4. The van der Waals surface area contributed by atoms with Gasteiger partial charge in [0.2, 0.25) is 0 Å². The van der Waals surface area contributed by atoms with Gasteiger partial charge >= 0.3 is 6.09 Å². The Morgan fingerprint density at radius 3 is 2.79 bits per heavy atom. The molecule has 1 aromatic heterocycles. The highest BCUT2D eigenvalue weighted by Crippen LogP contribution is 2.23. The minimum atomic E-state index is -0.509. The van der Waals surface area contributed by atoms with Gasteiger partial charge in [-0.3, -0.25) is 4.98 Å². The largest absolute Gasteiger partial charge is 0.444 e. The van der Waals surface area contributed by atoms with E-state index < -0.39 is 11.7 Å². The highest BCUT2D eigenvalue weighted by atomic mass is 16.6. The average molecular weight is 329 g/mol. The molecule has 0 aliphatic heterocycles. The van der Waals surface area contributed by atoms with Crippen LogP contribution in [-0.4, -0.2) is 22.8 Å². The number of carbonyl (C=O) groups is 1. The SMILES string of the molecule is CCCCC(NC(=O)OC(C)(C)C)Nc1cccc2cnccc12. The fraction of sp³-hybridized carbons (Fsp3) is 0.474. The predicted molar refractivity (Wildman–Crippen MR) is 98.0 cm³/mol. The number of carbonyl (C=O) groups excluding carboxylic acids is 1. The summed E-state index contributed by atoms with van der Waals surface area (Å²) in [4.78, 5) is 16.3. The number of nitrogens with one attached hydrogen (secondary N) is 2. The van der Waals surface area contributed by atoms with Crippen LogP contribution in [0.3, 0.4) is 0 Å². The molecule has 24 heavy (non-hydrogen) atoms. The zero-order valence-electron chi connectivity index (χ0n) is 14.9. The molecular formula is C19H27N3O2. The molecule has 0 saturated carbocycles. The molecule has 0 aliphatic carbocycles. The lowest BCUT2D eigenvalue weighted by Crippen LogP contribution is -2.43. The highest BCUT2D eigenvalue weighted by molar-refractivity contribution is 5.93. The number of nitrogens with zero attached hydrogens (tertiary/aromatic N) is 1. The maximum Gasteiger partial charge on any atom is 0.409 e. The van der Waals surface area contributed by atoms with Gasteiger partial charge in [-0.2, -0.15) is 0 Å². The molecule has 1 atom stereocenters. The second-order valence-electron chi connectivity index (χ2n) is 6.89. The Balaban J connectivity index is 2.14. The number of hydrogen-bond donors (Lipinski definition) is 2. The standard InChI is InChI=1S/C19H27N3O2/c1-5-6-10-17(22-18(23)24-19(2,3)4)21-16-9-7-8-14-13-20-12-11-15(14)16/h7-9,11-13,17,21H,5-6,10H2,1-4H3,(H,22,23). The van der Waals surface area contributed by atoms with Gasteiger partial charge in [0.1, 0.15) is 11.8 Å². The van der Waals surface area contributed by atoms with Crippen molar-refractivity contribution in [2.75, 3.05) is 5.32 Å². The van der Waals surface area contributed by atoms with Crippen LogP contribution in [0.5, 0.6) is 0 Å². The molecule has 0 saturated heterocycles. The maximum atomic E-state index is 12.1. The molecule has 2 aromatic rings. The number of amides is 1. The van der Waals surface area contributed by atoms with Crippen molar-refractivity contribution in [3.63, 3.8) is 0 Å². The molecule has 0 spiro atoms. The number of anilines is 1. The summed E-state index contributed by atoms with van der Waals surface area (Å²) >= 11 is 0. The van der Waals surface area contributed by atoms with Gasteiger partial charge in [0.15, 0.2) is 0 Å². The van der Waals surface area contributed by atoms with Crippen molar-refractivity contribution in [2.24, 2.45) is 0 Å². The minimum absolute atomic E-state index is 0.182. The monoisotopic (exact) mass is 329 g/mol. The van der Waals surface area contributed by atoms with Gasteiger partial charge < -0.3 is 15.4 Å². The fourth-order valence-electron chi connectivity index (χ4n) is 2.47. The summed E-state index contributed by atoms with van der Waals surface area (Å²) in [5.41, 5.74) is 0.469. The summed E-state index contributed by atoms with van der Waals surface area (Å²) in [5.74, 6) is 0. The molecule has 0 fully saturated rings. The second kappa shape index (κ2) is 7.99. The molecule has 1 heterocycles. The van der Waals surface area contributed by atoms with E-state index in [1.54, 1.807) is 6.20 Å². The average Bonchev–Trinajstić information content (AvgIpc) is 2.51. The third kappa shape index (κ3) is 5.41. The van der Waals surface area contributed by atoms with E-state index in [0.717, 1.165) is 35.7 Å². The molecule has 0 bridgehead atoms. The summed E-state index contributed by atoms with van der Waals surface area (Å²) in [7, 11) is 0. The normalized spacial score (nSPS) is 12.7. The lowest BCUT2D eigenvalue weighted by Gasteiger charge is -2.25. The molecule has 2 rings (SSSR count). The number of aromatic nitrogens is 1. The van der Waals surface area contributed by atoms with E-state index in [9.17, 15) is 4.79 Å². The molecular weight excluding hydrogens is 302 g/mol. The molecule has 5 nitrogen and oxygen atoms in total. The van der Waals surface area contributed by atoms with E-state index in [1.807, 2.05) is 51.2 Å². The lowest BCUT2D eigenvalue weighted by atomic mass is 10.1. The van der Waals surface area contributed by atoms with E-state index in [-0.39, 0.29) is 6.17 Å². The van der Waals surface area contributed by atoms with Gasteiger partial charge in [-0.05, 0) is 45.7 Å². The number of benzene rings is 1. The second-order valence-corrected chi connectivity index (χ2v) is 6.89. The first kappa shape index (κ1) is 18.0. The first-order valence-electron chi connectivity index (χ1n) is 8.48. The van der Waals surface area contributed by atoms with Crippen LogP contribution in [0.15, 0.2) is 36.7 Å². The van der Waals surface area contributed by atoms with Crippen LogP contribution in [0.1, 0.15) is 47.0 Å². The molecule has 2 N–H and O–H groups in total. The van der Waals surface area contributed by atoms with Crippen molar-refractivity contribution in [3.05, 3.63) is 36.7 Å². The molecule has 1 unspecified atom stereocenters. The fourth-order valence-corrected chi connectivity index (χ4v) is 2.47. The molecule has 130 valence electrons. The zero-order valence-corrected chi connectivity index (χ0v) is 14.9. The molecule has 5 heteroatoms. The summed E-state index contributed by atoms with van der Waals surface area (Å²) < 4.78 is 5.37. The molecule has 1 aromatic carbocycles. The quantitative estimate of drug-likeness (QED) is 0.755. The Morgan fingerprint density at radius 2 is 2.08 bits per heavy atom. The van der Waals surface area contributed by atoms with E-state index in [2.05, 4.69) is 22.5 Å². The Bertz CT molecular complexity index is 674. The van der Waals surface area contributed by atoms with Gasteiger partial charge in [0, 0.05) is 28.9 Å². The van der Waals surface area contributed by atoms with Crippen molar-refractivity contribution in [2.45, 2.75) is 58.7 Å². The van der Waals surface area contributed by atoms with Crippen LogP contribution in [0.2, 0.25) is 0 Å². The van der Waals surface area contributed by atoms with Crippen LogP contribution < -0.4 is 10.6 Å².